The second-order valence-electron chi connectivity index (χ2n) is 6.71. The minimum absolute atomic E-state index is 0.169. The highest BCUT2D eigenvalue weighted by atomic mass is 19.1. The van der Waals surface area contributed by atoms with Gasteiger partial charge in [-0.05, 0) is 48.9 Å². The fourth-order valence-electron chi connectivity index (χ4n) is 2.96. The predicted molar refractivity (Wildman–Crippen MR) is 110 cm³/mol. The van der Waals surface area contributed by atoms with E-state index in [1.807, 2.05) is 24.3 Å². The number of amides is 1. The number of nitrogens with one attached hydrogen (secondary N) is 1. The summed E-state index contributed by atoms with van der Waals surface area (Å²) in [4.78, 5) is 20.8. The molecule has 0 aliphatic carbocycles. The zero-order chi connectivity index (χ0) is 21.8. The highest BCUT2D eigenvalue weighted by Gasteiger charge is 2.20. The van der Waals surface area contributed by atoms with Gasteiger partial charge in [-0.1, -0.05) is 17.3 Å². The van der Waals surface area contributed by atoms with Crippen LogP contribution in [-0.2, 0) is 11.3 Å². The molecule has 0 saturated carbocycles. The average molecular weight is 422 g/mol. The molecule has 0 unspecified atom stereocenters. The van der Waals surface area contributed by atoms with Crippen LogP contribution in [0.2, 0.25) is 0 Å². The molecule has 31 heavy (non-hydrogen) atoms. The highest BCUT2D eigenvalue weighted by molar-refractivity contribution is 5.93. The summed E-state index contributed by atoms with van der Waals surface area (Å²) in [6, 6.07) is 13.1. The van der Waals surface area contributed by atoms with Crippen molar-refractivity contribution in [2.45, 2.75) is 13.5 Å². The quantitative estimate of drug-likeness (QED) is 0.487. The minimum atomic E-state index is -0.367. The summed E-state index contributed by atoms with van der Waals surface area (Å²) >= 11 is 0. The molecule has 1 N–H and O–H groups in total. The van der Waals surface area contributed by atoms with E-state index in [4.69, 9.17) is 14.0 Å². The van der Waals surface area contributed by atoms with Gasteiger partial charge in [-0.2, -0.15) is 9.97 Å². The van der Waals surface area contributed by atoms with Gasteiger partial charge in [-0.25, -0.2) is 4.39 Å². The average Bonchev–Trinajstić information content (AvgIpc) is 3.20. The van der Waals surface area contributed by atoms with E-state index in [0.29, 0.717) is 29.0 Å². The number of hydrogen-bond donors (Lipinski definition) is 1. The molecule has 0 spiro atoms. The van der Waals surface area contributed by atoms with Gasteiger partial charge in [-0.3, -0.25) is 4.79 Å². The Morgan fingerprint density at radius 1 is 1.10 bits per heavy atom. The Labute approximate surface area is 177 Å². The molecule has 158 valence electrons. The molecule has 4 rings (SSSR count). The first-order valence-electron chi connectivity index (χ1n) is 9.46. The van der Waals surface area contributed by atoms with Crippen LogP contribution in [0.3, 0.4) is 0 Å². The van der Waals surface area contributed by atoms with Gasteiger partial charge in [0.05, 0.1) is 7.11 Å². The number of aryl methyl sites for hydroxylation is 1. The van der Waals surface area contributed by atoms with Crippen molar-refractivity contribution in [1.29, 1.82) is 0 Å². The second-order valence-corrected chi connectivity index (χ2v) is 6.71. The molecule has 0 aliphatic rings. The molecule has 0 atom stereocenters. The van der Waals surface area contributed by atoms with Gasteiger partial charge in [0.25, 0.3) is 11.6 Å². The van der Waals surface area contributed by atoms with E-state index in [-0.39, 0.29) is 29.9 Å². The maximum atomic E-state index is 13.3. The first-order valence-corrected chi connectivity index (χ1v) is 9.46. The van der Waals surface area contributed by atoms with Crippen LogP contribution in [0, 0.1) is 12.7 Å². The molecule has 0 bridgehead atoms. The topological polar surface area (TPSA) is 99.4 Å². The fourth-order valence-corrected chi connectivity index (χ4v) is 2.96. The van der Waals surface area contributed by atoms with Gasteiger partial charge in [0.15, 0.2) is 6.61 Å². The van der Waals surface area contributed by atoms with Crippen LogP contribution in [-0.4, -0.2) is 34.7 Å². The zero-order valence-electron chi connectivity index (χ0n) is 16.9. The van der Waals surface area contributed by atoms with Gasteiger partial charge in [0.2, 0.25) is 5.88 Å². The van der Waals surface area contributed by atoms with E-state index in [1.54, 1.807) is 26.2 Å². The van der Waals surface area contributed by atoms with Crippen LogP contribution in [0.15, 0.2) is 53.1 Å². The molecule has 2 aromatic heterocycles. The third-order valence-corrected chi connectivity index (χ3v) is 4.52. The second kappa shape index (κ2) is 8.78. The molecular weight excluding hydrogens is 403 g/mol. The number of benzene rings is 2. The van der Waals surface area contributed by atoms with Crippen LogP contribution >= 0.6 is 0 Å². The third kappa shape index (κ3) is 4.61. The van der Waals surface area contributed by atoms with Gasteiger partial charge < -0.3 is 19.3 Å². The van der Waals surface area contributed by atoms with Crippen molar-refractivity contribution in [3.63, 3.8) is 0 Å². The summed E-state index contributed by atoms with van der Waals surface area (Å²) in [5.74, 6) is 0.631. The van der Waals surface area contributed by atoms with Crippen LogP contribution in [0.1, 0.15) is 11.4 Å². The monoisotopic (exact) mass is 422 g/mol. The van der Waals surface area contributed by atoms with Crippen LogP contribution in [0.4, 0.5) is 4.39 Å². The Morgan fingerprint density at radius 2 is 1.84 bits per heavy atom. The number of fused-ring (bicyclic) bond motifs is 1. The maximum Gasteiger partial charge on any atom is 0.265 e. The molecule has 0 aliphatic heterocycles. The van der Waals surface area contributed by atoms with Crippen LogP contribution < -0.4 is 14.8 Å². The van der Waals surface area contributed by atoms with E-state index < -0.39 is 0 Å². The van der Waals surface area contributed by atoms with Gasteiger partial charge in [0.1, 0.15) is 28.5 Å². The number of carbonyl (C=O) groups excluding carboxylic acids is 1. The van der Waals surface area contributed by atoms with Crippen molar-refractivity contribution in [1.82, 2.24) is 20.4 Å². The van der Waals surface area contributed by atoms with Crippen molar-refractivity contribution >= 4 is 17.0 Å². The standard InChI is InChI=1S/C22H19FN4O4/c1-13-25-21(30-12-18(28)24-11-14-3-9-17(29-2)10-4-14)19-20(27-31-22(19)26-13)15-5-7-16(23)8-6-15/h3-10H,11-12H2,1-2H3,(H,24,28). The van der Waals surface area contributed by atoms with Crippen molar-refractivity contribution in [3.05, 3.63) is 65.7 Å². The Kier molecular flexibility index (Phi) is 5.74. The SMILES string of the molecule is COc1ccc(CNC(=O)COc2nc(C)nc3onc(-c4ccc(F)cc4)c23)cc1. The van der Waals surface area contributed by atoms with Gasteiger partial charge in [0, 0.05) is 12.1 Å². The molecule has 2 aromatic carbocycles. The molecule has 0 fully saturated rings. The number of rotatable bonds is 7. The lowest BCUT2D eigenvalue weighted by Gasteiger charge is -2.09. The van der Waals surface area contributed by atoms with Gasteiger partial charge >= 0.3 is 0 Å². The minimum Gasteiger partial charge on any atom is -0.497 e. The van der Waals surface area contributed by atoms with E-state index in [2.05, 4.69) is 20.4 Å². The third-order valence-electron chi connectivity index (χ3n) is 4.52. The smallest absolute Gasteiger partial charge is 0.265 e. The largest absolute Gasteiger partial charge is 0.497 e. The molecular formula is C22H19FN4O4. The Hall–Kier alpha value is -4.01. The summed E-state index contributed by atoms with van der Waals surface area (Å²) in [5, 5.41) is 7.23. The van der Waals surface area contributed by atoms with Crippen LogP contribution in [0.5, 0.6) is 11.6 Å². The molecule has 2 heterocycles. The highest BCUT2D eigenvalue weighted by Crippen LogP contribution is 2.33. The molecule has 0 saturated heterocycles. The number of aromatic nitrogens is 3. The lowest BCUT2D eigenvalue weighted by Crippen LogP contribution is -2.28. The Morgan fingerprint density at radius 3 is 2.55 bits per heavy atom. The maximum absolute atomic E-state index is 13.3. The van der Waals surface area contributed by atoms with E-state index in [9.17, 15) is 9.18 Å². The van der Waals surface area contributed by atoms with Crippen molar-refractivity contribution < 1.29 is 23.2 Å². The summed E-state index contributed by atoms with van der Waals surface area (Å²) in [5.41, 5.74) is 2.16. The summed E-state index contributed by atoms with van der Waals surface area (Å²) in [6.45, 7) is 1.77. The summed E-state index contributed by atoms with van der Waals surface area (Å²) in [7, 11) is 1.59. The molecule has 8 nitrogen and oxygen atoms in total. The lowest BCUT2D eigenvalue weighted by molar-refractivity contribution is -0.123. The van der Waals surface area contributed by atoms with Crippen LogP contribution in [0.25, 0.3) is 22.4 Å². The number of ether oxygens (including phenoxy) is 2. The first-order chi connectivity index (χ1) is 15.0. The van der Waals surface area contributed by atoms with E-state index in [0.717, 1.165) is 11.3 Å². The lowest BCUT2D eigenvalue weighted by atomic mass is 10.1. The number of hydrogen-bond acceptors (Lipinski definition) is 7. The molecule has 4 aromatic rings. The van der Waals surface area contributed by atoms with E-state index in [1.165, 1.54) is 12.1 Å². The zero-order valence-corrected chi connectivity index (χ0v) is 16.9. The number of carbonyl (C=O) groups is 1. The Balaban J connectivity index is 1.49. The molecule has 0 radical (unpaired) electrons. The van der Waals surface area contributed by atoms with Gasteiger partial charge in [-0.15, -0.1) is 0 Å². The predicted octanol–water partition coefficient (Wildman–Crippen LogP) is 3.44. The summed E-state index contributed by atoms with van der Waals surface area (Å²) in [6.07, 6.45) is 0. The molecule has 1 amide bonds. The molecule has 9 heteroatoms. The number of methoxy groups -OCH3 is 1. The van der Waals surface area contributed by atoms with Crippen molar-refractivity contribution in [2.75, 3.05) is 13.7 Å². The number of nitrogens with zero attached hydrogens (tertiary/aromatic N) is 3. The van der Waals surface area contributed by atoms with Crippen molar-refractivity contribution in [3.8, 4) is 22.9 Å². The fraction of sp³-hybridized carbons (Fsp3) is 0.182. The number of halogens is 1. The van der Waals surface area contributed by atoms with Crippen molar-refractivity contribution in [2.24, 2.45) is 0 Å². The first kappa shape index (κ1) is 20.3. The Bertz CT molecular complexity index is 1210. The summed E-state index contributed by atoms with van der Waals surface area (Å²) < 4.78 is 29.4. The normalized spacial score (nSPS) is 10.8. The van der Waals surface area contributed by atoms with E-state index >= 15 is 0 Å².